The average Bonchev–Trinajstić information content (AvgIpc) is 2.39. The molecule has 0 bridgehead atoms. The van der Waals surface area contributed by atoms with Crippen molar-refractivity contribution in [2.75, 3.05) is 32.4 Å². The van der Waals surface area contributed by atoms with E-state index in [1.807, 2.05) is 27.0 Å². The van der Waals surface area contributed by atoms with Gasteiger partial charge in [-0.3, -0.25) is 4.57 Å². The summed E-state index contributed by atoms with van der Waals surface area (Å²) in [5, 5.41) is 0.512. The zero-order valence-electron chi connectivity index (χ0n) is 11.7. The van der Waals surface area contributed by atoms with E-state index < -0.39 is 7.60 Å². The molecule has 18 heavy (non-hydrogen) atoms. The number of hydrogen-bond donors (Lipinski definition) is 0. The van der Waals surface area contributed by atoms with Gasteiger partial charge in [-0.15, -0.1) is 0 Å². The number of rotatable bonds is 9. The third kappa shape index (κ3) is 8.14. The maximum atomic E-state index is 12.3. The monoisotopic (exact) mass is 297 g/mol. The molecule has 0 heterocycles. The summed E-state index contributed by atoms with van der Waals surface area (Å²) in [7, 11) is -3.16. The van der Waals surface area contributed by atoms with Crippen LogP contribution in [-0.4, -0.2) is 37.6 Å². The fraction of sp³-hybridized carbons (Fsp3) is 0.909. The van der Waals surface area contributed by atoms with E-state index in [4.69, 9.17) is 13.8 Å². The fourth-order valence-electron chi connectivity index (χ4n) is 1.01. The molecule has 5 nitrogen and oxygen atoms in total. The van der Waals surface area contributed by atoms with Crippen LogP contribution in [0.5, 0.6) is 0 Å². The molecule has 0 aromatic carbocycles. The molecule has 0 aliphatic carbocycles. The number of thioether (sulfide) groups is 1. The van der Waals surface area contributed by atoms with Crippen LogP contribution in [-0.2, 0) is 18.3 Å². The van der Waals surface area contributed by atoms with Crippen LogP contribution in [0.1, 0.15) is 33.6 Å². The minimum absolute atomic E-state index is 0.0767. The summed E-state index contributed by atoms with van der Waals surface area (Å²) in [5.41, 5.74) is 0. The molecule has 0 aromatic rings. The first kappa shape index (κ1) is 18.0. The van der Waals surface area contributed by atoms with Crippen LogP contribution < -0.4 is 0 Å². The lowest BCUT2D eigenvalue weighted by molar-refractivity contribution is 0.183. The van der Waals surface area contributed by atoms with Crippen molar-refractivity contribution in [2.45, 2.75) is 33.6 Å². The Hall–Kier alpha value is -0.0300. The topological polar surface area (TPSA) is 57.1 Å². The molecule has 0 N–H and O–H groups in total. The normalized spacial score (nSPS) is 12.8. The molecule has 0 fully saturated rings. The molecule has 7 heteroatoms. The first-order chi connectivity index (χ1) is 8.61. The highest BCUT2D eigenvalue weighted by atomic mass is 32.2. The standard InChI is InChI=1S/C11H24NO4PS/c1-5-8-15-17(13,16-9-6-2)10-14-11(18-4)12-7-3/h5-10H2,1-4H3. The van der Waals surface area contributed by atoms with Crippen molar-refractivity contribution in [1.82, 2.24) is 0 Å². The quantitative estimate of drug-likeness (QED) is 0.368. The molecule has 0 saturated carbocycles. The van der Waals surface area contributed by atoms with Crippen molar-refractivity contribution in [3.63, 3.8) is 0 Å². The zero-order valence-corrected chi connectivity index (χ0v) is 13.4. The van der Waals surface area contributed by atoms with E-state index >= 15 is 0 Å². The molecule has 0 unspecified atom stereocenters. The second-order valence-electron chi connectivity index (χ2n) is 3.50. The van der Waals surface area contributed by atoms with Gasteiger partial charge in [-0.2, -0.15) is 0 Å². The molecule has 0 saturated heterocycles. The van der Waals surface area contributed by atoms with E-state index in [9.17, 15) is 4.57 Å². The first-order valence-electron chi connectivity index (χ1n) is 6.21. The summed E-state index contributed by atoms with van der Waals surface area (Å²) >= 11 is 1.38. The Balaban J connectivity index is 4.38. The van der Waals surface area contributed by atoms with Gasteiger partial charge in [0.25, 0.3) is 0 Å². The minimum atomic E-state index is -3.16. The Morgan fingerprint density at radius 2 is 1.72 bits per heavy atom. The van der Waals surface area contributed by atoms with Crippen molar-refractivity contribution in [3.05, 3.63) is 0 Å². The molecular weight excluding hydrogens is 273 g/mol. The summed E-state index contributed by atoms with van der Waals surface area (Å²) in [6.45, 7) is 7.27. The Labute approximate surface area is 114 Å². The third-order valence-corrected chi connectivity index (χ3v) is 3.99. The molecular formula is C11H24NO4PS. The van der Waals surface area contributed by atoms with Gasteiger partial charge in [0.05, 0.1) is 13.2 Å². The second-order valence-corrected chi connectivity index (χ2v) is 6.25. The zero-order chi connectivity index (χ0) is 13.9. The number of ether oxygens (including phenoxy) is 1. The summed E-state index contributed by atoms with van der Waals surface area (Å²) in [6, 6.07) is 0. The largest absolute Gasteiger partial charge is 0.460 e. The predicted molar refractivity (Wildman–Crippen MR) is 77.5 cm³/mol. The van der Waals surface area contributed by atoms with Gasteiger partial charge < -0.3 is 13.8 Å². The van der Waals surface area contributed by atoms with Gasteiger partial charge in [-0.25, -0.2) is 4.99 Å². The number of aliphatic imine (C=N–C) groups is 1. The average molecular weight is 297 g/mol. The Bertz CT molecular complexity index is 274. The van der Waals surface area contributed by atoms with E-state index in [0.717, 1.165) is 12.8 Å². The van der Waals surface area contributed by atoms with E-state index in [0.29, 0.717) is 25.0 Å². The lowest BCUT2D eigenvalue weighted by atomic mass is 10.5. The van der Waals surface area contributed by atoms with Crippen LogP contribution in [0.25, 0.3) is 0 Å². The molecule has 0 spiro atoms. The van der Waals surface area contributed by atoms with Gasteiger partial charge in [0, 0.05) is 6.54 Å². The highest BCUT2D eigenvalue weighted by Crippen LogP contribution is 2.48. The maximum Gasteiger partial charge on any atom is 0.367 e. The van der Waals surface area contributed by atoms with Crippen LogP contribution in [0, 0.1) is 0 Å². The molecule has 0 amide bonds. The van der Waals surface area contributed by atoms with Gasteiger partial charge >= 0.3 is 7.60 Å². The van der Waals surface area contributed by atoms with Crippen LogP contribution in [0.15, 0.2) is 4.99 Å². The summed E-state index contributed by atoms with van der Waals surface area (Å²) < 4.78 is 28.3. The van der Waals surface area contributed by atoms with Crippen LogP contribution in [0.2, 0.25) is 0 Å². The van der Waals surface area contributed by atoms with Gasteiger partial charge in [-0.1, -0.05) is 25.6 Å². The van der Waals surface area contributed by atoms with E-state index in [-0.39, 0.29) is 6.35 Å². The Kier molecular flexibility index (Phi) is 10.8. The van der Waals surface area contributed by atoms with Gasteiger partial charge in [0.1, 0.15) is 0 Å². The highest BCUT2D eigenvalue weighted by Gasteiger charge is 2.26. The summed E-state index contributed by atoms with van der Waals surface area (Å²) in [6.07, 6.45) is 3.36. The van der Waals surface area contributed by atoms with E-state index in [1.165, 1.54) is 11.8 Å². The van der Waals surface area contributed by atoms with Crippen molar-refractivity contribution in [1.29, 1.82) is 0 Å². The molecule has 0 radical (unpaired) electrons. The lowest BCUT2D eigenvalue weighted by Gasteiger charge is -2.18. The number of hydrogen-bond acceptors (Lipinski definition) is 6. The summed E-state index contributed by atoms with van der Waals surface area (Å²) in [5.74, 6) is 0. The van der Waals surface area contributed by atoms with E-state index in [1.54, 1.807) is 0 Å². The van der Waals surface area contributed by atoms with Crippen LogP contribution >= 0.6 is 19.4 Å². The fourth-order valence-corrected chi connectivity index (χ4v) is 2.95. The molecule has 0 aromatic heterocycles. The minimum Gasteiger partial charge on any atom is -0.460 e. The Morgan fingerprint density at radius 3 is 2.11 bits per heavy atom. The molecule has 0 aliphatic rings. The second kappa shape index (κ2) is 10.9. The molecule has 0 aliphatic heterocycles. The molecule has 0 atom stereocenters. The van der Waals surface area contributed by atoms with Gasteiger partial charge in [-0.05, 0) is 26.0 Å². The van der Waals surface area contributed by atoms with E-state index in [2.05, 4.69) is 4.99 Å². The van der Waals surface area contributed by atoms with Crippen LogP contribution in [0.4, 0.5) is 0 Å². The highest BCUT2D eigenvalue weighted by molar-refractivity contribution is 8.12. The molecule has 108 valence electrons. The SMILES string of the molecule is CCCOP(=O)(COC(=NCC)SC)OCCC. The van der Waals surface area contributed by atoms with Crippen molar-refractivity contribution in [2.24, 2.45) is 4.99 Å². The summed E-state index contributed by atoms with van der Waals surface area (Å²) in [4.78, 5) is 4.13. The Morgan fingerprint density at radius 1 is 1.17 bits per heavy atom. The van der Waals surface area contributed by atoms with Crippen molar-refractivity contribution in [3.8, 4) is 0 Å². The van der Waals surface area contributed by atoms with Crippen LogP contribution in [0.3, 0.4) is 0 Å². The lowest BCUT2D eigenvalue weighted by Crippen LogP contribution is -2.08. The van der Waals surface area contributed by atoms with Gasteiger partial charge in [0.15, 0.2) is 6.35 Å². The third-order valence-electron chi connectivity index (χ3n) is 1.79. The number of nitrogens with zero attached hydrogens (tertiary/aromatic N) is 1. The van der Waals surface area contributed by atoms with Crippen molar-refractivity contribution < 1.29 is 18.3 Å². The molecule has 0 rings (SSSR count). The first-order valence-corrected chi connectivity index (χ1v) is 9.16. The van der Waals surface area contributed by atoms with Crippen molar-refractivity contribution >= 4 is 24.6 Å². The van der Waals surface area contributed by atoms with Gasteiger partial charge in [0.2, 0.25) is 5.23 Å². The maximum absolute atomic E-state index is 12.3. The smallest absolute Gasteiger partial charge is 0.367 e. The predicted octanol–water partition coefficient (Wildman–Crippen LogP) is 3.75.